The van der Waals surface area contributed by atoms with Gasteiger partial charge >= 0.3 is 0 Å². The second kappa shape index (κ2) is 11.2. The zero-order chi connectivity index (χ0) is 24.0. The van der Waals surface area contributed by atoms with E-state index in [1.165, 1.54) is 36.3 Å². The summed E-state index contributed by atoms with van der Waals surface area (Å²) in [5.41, 5.74) is 3.33. The van der Waals surface area contributed by atoms with E-state index >= 15 is 0 Å². The molecule has 1 amide bonds. The molecule has 0 radical (unpaired) electrons. The molecule has 5 rings (SSSR count). The molecule has 0 aliphatic carbocycles. The van der Waals surface area contributed by atoms with Crippen molar-refractivity contribution in [3.05, 3.63) is 94.1 Å². The number of thiophene rings is 1. The molecule has 1 saturated heterocycles. The van der Waals surface area contributed by atoms with Crippen LogP contribution in [-0.4, -0.2) is 41.6 Å². The van der Waals surface area contributed by atoms with Gasteiger partial charge in [-0.25, -0.2) is 4.39 Å². The Labute approximate surface area is 210 Å². The summed E-state index contributed by atoms with van der Waals surface area (Å²) >= 11 is 1.70. The minimum absolute atomic E-state index is 0.00986. The number of rotatable bonds is 9. The van der Waals surface area contributed by atoms with Gasteiger partial charge in [0, 0.05) is 53.9 Å². The topological polar surface area (TPSA) is 37.3 Å². The van der Waals surface area contributed by atoms with Gasteiger partial charge in [-0.3, -0.25) is 4.79 Å². The fourth-order valence-electron chi connectivity index (χ4n) is 5.12. The minimum atomic E-state index is -0.226. The van der Waals surface area contributed by atoms with Crippen molar-refractivity contribution in [2.75, 3.05) is 26.2 Å². The summed E-state index contributed by atoms with van der Waals surface area (Å²) in [5.74, 6) is -0.143. The molecule has 35 heavy (non-hydrogen) atoms. The second-order valence-corrected chi connectivity index (χ2v) is 10.4. The highest BCUT2D eigenvalue weighted by Gasteiger charge is 2.24. The molecule has 2 aromatic carbocycles. The van der Waals surface area contributed by atoms with Gasteiger partial charge in [-0.1, -0.05) is 42.8 Å². The number of hydrogen-bond donors (Lipinski definition) is 1. The van der Waals surface area contributed by atoms with Gasteiger partial charge in [-0.05, 0) is 66.7 Å². The normalized spacial score (nSPS) is 15.3. The number of carbonyl (C=O) groups excluding carboxylic acids is 1. The van der Waals surface area contributed by atoms with Crippen LogP contribution < -0.4 is 5.32 Å². The molecule has 0 saturated carbocycles. The Kier molecular flexibility index (Phi) is 7.60. The van der Waals surface area contributed by atoms with Crippen molar-refractivity contribution in [3.63, 3.8) is 0 Å². The number of carbonyl (C=O) groups is 1. The quantitative estimate of drug-likeness (QED) is 0.312. The Balaban J connectivity index is 1.37. The summed E-state index contributed by atoms with van der Waals surface area (Å²) in [4.78, 5) is 16.7. The second-order valence-electron chi connectivity index (χ2n) is 9.38. The summed E-state index contributed by atoms with van der Waals surface area (Å²) < 4.78 is 15.6. The Morgan fingerprint density at radius 1 is 1.00 bits per heavy atom. The van der Waals surface area contributed by atoms with Crippen LogP contribution in [0, 0.1) is 5.82 Å². The predicted molar refractivity (Wildman–Crippen MR) is 142 cm³/mol. The van der Waals surface area contributed by atoms with E-state index in [4.69, 9.17) is 0 Å². The van der Waals surface area contributed by atoms with Gasteiger partial charge in [0.05, 0.1) is 0 Å². The number of fused-ring (bicyclic) bond motifs is 1. The largest absolute Gasteiger partial charge is 0.355 e. The highest BCUT2D eigenvalue weighted by Crippen LogP contribution is 2.37. The van der Waals surface area contributed by atoms with Crippen LogP contribution in [-0.2, 0) is 11.3 Å². The molecule has 182 valence electrons. The minimum Gasteiger partial charge on any atom is -0.355 e. The third-order valence-corrected chi connectivity index (χ3v) is 7.92. The van der Waals surface area contributed by atoms with Crippen LogP contribution in [0.1, 0.15) is 47.6 Å². The molecule has 4 aromatic rings. The monoisotopic (exact) mass is 489 g/mol. The SMILES string of the molecule is O=C(CC(c1cccs1)c1cn(Cc2ccc(F)cc2)c2ccccc12)NCCN1CCCCC1. The van der Waals surface area contributed by atoms with E-state index in [2.05, 4.69) is 56.7 Å². The Bertz CT molecular complexity index is 1240. The number of nitrogens with zero attached hydrogens (tertiary/aromatic N) is 2. The number of likely N-dealkylation sites (tertiary alicyclic amines) is 1. The van der Waals surface area contributed by atoms with Crippen molar-refractivity contribution >= 4 is 28.1 Å². The fraction of sp³-hybridized carbons (Fsp3) is 0.345. The molecule has 2 aromatic heterocycles. The van der Waals surface area contributed by atoms with Crippen molar-refractivity contribution in [3.8, 4) is 0 Å². The Morgan fingerprint density at radius 2 is 1.80 bits per heavy atom. The molecule has 1 N–H and O–H groups in total. The van der Waals surface area contributed by atoms with Gasteiger partial charge in [0.2, 0.25) is 5.91 Å². The number of aromatic nitrogens is 1. The first-order chi connectivity index (χ1) is 17.2. The van der Waals surface area contributed by atoms with E-state index in [-0.39, 0.29) is 17.6 Å². The van der Waals surface area contributed by atoms with E-state index in [0.717, 1.165) is 41.7 Å². The van der Waals surface area contributed by atoms with E-state index in [9.17, 15) is 9.18 Å². The fourth-order valence-corrected chi connectivity index (χ4v) is 5.96. The predicted octanol–water partition coefficient (Wildman–Crippen LogP) is 6.01. The molecule has 1 fully saturated rings. The van der Waals surface area contributed by atoms with Crippen LogP contribution in [0.2, 0.25) is 0 Å². The zero-order valence-corrected chi connectivity index (χ0v) is 20.8. The van der Waals surface area contributed by atoms with E-state index < -0.39 is 0 Å². The standard InChI is InChI=1S/C29H32FN3OS/c30-23-12-10-22(11-13-23)20-33-21-26(24-7-2-3-8-27(24)33)25(28-9-6-18-35-28)19-29(34)31-14-17-32-15-4-1-5-16-32/h2-3,6-13,18,21,25H,1,4-5,14-17,19-20H2,(H,31,34). The van der Waals surface area contributed by atoms with Crippen LogP contribution in [0.15, 0.2) is 72.2 Å². The third-order valence-electron chi connectivity index (χ3n) is 6.94. The highest BCUT2D eigenvalue weighted by molar-refractivity contribution is 7.10. The zero-order valence-electron chi connectivity index (χ0n) is 20.0. The maximum atomic E-state index is 13.4. The molecule has 3 heterocycles. The number of hydrogen-bond acceptors (Lipinski definition) is 3. The lowest BCUT2D eigenvalue weighted by Crippen LogP contribution is -2.38. The van der Waals surface area contributed by atoms with E-state index in [1.807, 2.05) is 18.2 Å². The average molecular weight is 490 g/mol. The van der Waals surface area contributed by atoms with Crippen LogP contribution >= 0.6 is 11.3 Å². The molecule has 1 atom stereocenters. The van der Waals surface area contributed by atoms with Crippen molar-refractivity contribution < 1.29 is 9.18 Å². The number of benzene rings is 2. The maximum Gasteiger partial charge on any atom is 0.221 e. The van der Waals surface area contributed by atoms with Crippen molar-refractivity contribution in [2.24, 2.45) is 0 Å². The molecule has 1 aliphatic rings. The number of halogens is 1. The summed E-state index contributed by atoms with van der Waals surface area (Å²) in [6.45, 7) is 4.55. The van der Waals surface area contributed by atoms with Gasteiger partial charge in [0.15, 0.2) is 0 Å². The van der Waals surface area contributed by atoms with Gasteiger partial charge < -0.3 is 14.8 Å². The Morgan fingerprint density at radius 3 is 2.57 bits per heavy atom. The smallest absolute Gasteiger partial charge is 0.221 e. The molecular formula is C29H32FN3OS. The lowest BCUT2D eigenvalue weighted by atomic mass is 9.93. The Hall–Kier alpha value is -2.96. The van der Waals surface area contributed by atoms with Crippen LogP contribution in [0.25, 0.3) is 10.9 Å². The summed E-state index contributed by atoms with van der Waals surface area (Å²) in [6, 6.07) is 19.2. The molecule has 1 aliphatic heterocycles. The van der Waals surface area contributed by atoms with Crippen molar-refractivity contribution in [1.29, 1.82) is 0 Å². The summed E-state index contributed by atoms with van der Waals surface area (Å²) in [7, 11) is 0. The molecule has 1 unspecified atom stereocenters. The van der Waals surface area contributed by atoms with Crippen molar-refractivity contribution in [2.45, 2.75) is 38.1 Å². The first kappa shape index (κ1) is 23.8. The molecule has 6 heteroatoms. The summed E-state index contributed by atoms with van der Waals surface area (Å²) in [5, 5.41) is 6.41. The van der Waals surface area contributed by atoms with Crippen LogP contribution in [0.5, 0.6) is 0 Å². The number of nitrogens with one attached hydrogen (secondary N) is 1. The number of para-hydroxylation sites is 1. The first-order valence-electron chi connectivity index (χ1n) is 12.5. The molecule has 4 nitrogen and oxygen atoms in total. The summed E-state index contributed by atoms with van der Waals surface area (Å²) in [6.07, 6.45) is 6.44. The maximum absolute atomic E-state index is 13.4. The van der Waals surface area contributed by atoms with Gasteiger partial charge in [-0.2, -0.15) is 0 Å². The number of amides is 1. The molecular weight excluding hydrogens is 457 g/mol. The molecule has 0 bridgehead atoms. The van der Waals surface area contributed by atoms with Crippen molar-refractivity contribution in [1.82, 2.24) is 14.8 Å². The van der Waals surface area contributed by atoms with Crippen LogP contribution in [0.3, 0.4) is 0 Å². The van der Waals surface area contributed by atoms with Crippen LogP contribution in [0.4, 0.5) is 4.39 Å². The van der Waals surface area contributed by atoms with Gasteiger partial charge in [-0.15, -0.1) is 11.3 Å². The lowest BCUT2D eigenvalue weighted by Gasteiger charge is -2.26. The van der Waals surface area contributed by atoms with Gasteiger partial charge in [0.25, 0.3) is 0 Å². The lowest BCUT2D eigenvalue weighted by molar-refractivity contribution is -0.121. The third kappa shape index (κ3) is 5.82. The highest BCUT2D eigenvalue weighted by atomic mass is 32.1. The van der Waals surface area contributed by atoms with Gasteiger partial charge in [0.1, 0.15) is 5.82 Å². The van der Waals surface area contributed by atoms with E-state index in [1.54, 1.807) is 11.3 Å². The van der Waals surface area contributed by atoms with E-state index in [0.29, 0.717) is 19.5 Å². The molecule has 0 spiro atoms. The average Bonchev–Trinajstić information content (AvgIpc) is 3.54. The number of piperidine rings is 1. The first-order valence-corrected chi connectivity index (χ1v) is 13.4.